The third-order valence-electron chi connectivity index (χ3n) is 5.61. The topological polar surface area (TPSA) is 67.2 Å². The second-order valence-corrected chi connectivity index (χ2v) is 12.0. The van der Waals surface area contributed by atoms with Crippen LogP contribution in [0.1, 0.15) is 71.5 Å². The minimum atomic E-state index is -1.11. The molecule has 2 aliphatic carbocycles. The molecule has 1 heterocycles. The number of fused-ring (bicyclic) bond motifs is 1. The molecule has 0 spiro atoms. The molecular formula is C18H30IN3O2S. The van der Waals surface area contributed by atoms with E-state index in [2.05, 4.69) is 57.0 Å². The Labute approximate surface area is 167 Å². The quantitative estimate of drug-likeness (QED) is 0.615. The number of halogens is 1. The molecule has 7 heteroatoms. The molecule has 0 aliphatic heterocycles. The molecule has 0 radical (unpaired) electrons. The van der Waals surface area contributed by atoms with Crippen molar-refractivity contribution in [2.24, 2.45) is 11.8 Å². The lowest BCUT2D eigenvalue weighted by molar-refractivity contribution is 0.217. The van der Waals surface area contributed by atoms with E-state index in [1.54, 1.807) is 0 Å². The molecule has 0 aromatic carbocycles. The van der Waals surface area contributed by atoms with E-state index in [1.165, 1.54) is 5.69 Å². The van der Waals surface area contributed by atoms with Crippen LogP contribution in [0, 0.1) is 15.5 Å². The lowest BCUT2D eigenvalue weighted by Crippen LogP contribution is -2.50. The van der Waals surface area contributed by atoms with Crippen LogP contribution >= 0.6 is 22.6 Å². The molecule has 3 rings (SSSR count). The van der Waals surface area contributed by atoms with Crippen molar-refractivity contribution in [2.45, 2.75) is 76.1 Å². The molecule has 142 valence electrons. The fourth-order valence-corrected chi connectivity index (χ4v) is 5.89. The predicted molar refractivity (Wildman–Crippen MR) is 110 cm³/mol. The number of aliphatic hydroxyl groups is 1. The Morgan fingerprint density at radius 1 is 1.44 bits per heavy atom. The number of rotatable bonds is 6. The number of aromatic nitrogens is 2. The largest absolute Gasteiger partial charge is 0.396 e. The van der Waals surface area contributed by atoms with Crippen molar-refractivity contribution in [1.82, 2.24) is 14.5 Å². The molecule has 1 aromatic rings. The van der Waals surface area contributed by atoms with Gasteiger partial charge >= 0.3 is 0 Å². The van der Waals surface area contributed by atoms with Crippen molar-refractivity contribution in [2.75, 3.05) is 6.61 Å². The average molecular weight is 479 g/mol. The van der Waals surface area contributed by atoms with Gasteiger partial charge in [0.25, 0.3) is 0 Å². The zero-order valence-corrected chi connectivity index (χ0v) is 18.7. The maximum Gasteiger partial charge on any atom is 0.123 e. The maximum absolute atomic E-state index is 12.6. The molecule has 0 bridgehead atoms. The van der Waals surface area contributed by atoms with Gasteiger partial charge < -0.3 is 5.11 Å². The average Bonchev–Trinajstić information content (AvgIpc) is 2.82. The fourth-order valence-electron chi connectivity index (χ4n) is 4.37. The van der Waals surface area contributed by atoms with Crippen molar-refractivity contribution in [1.29, 1.82) is 0 Å². The summed E-state index contributed by atoms with van der Waals surface area (Å²) < 4.78 is 19.0. The van der Waals surface area contributed by atoms with Crippen molar-refractivity contribution in [3.8, 4) is 0 Å². The summed E-state index contributed by atoms with van der Waals surface area (Å²) in [6.07, 6.45) is 2.66. The van der Waals surface area contributed by atoms with Crippen LogP contribution in [0.2, 0.25) is 0 Å². The van der Waals surface area contributed by atoms with Crippen LogP contribution < -0.4 is 4.72 Å². The standard InChI is InChI=1S/C18H30IN3O2S/c1-11(2)22-14(8-15(19)20-22)16-12-9-18(6-7-23,10-13(12)16)21-25(24)17(3,4)5/h8,11-13,16,21,23H,6-7,9-10H2,1-5H3/t12-,13+,16?,18?,25?. The molecule has 2 aliphatic rings. The Bertz CT molecular complexity index is 656. The highest BCUT2D eigenvalue weighted by atomic mass is 127. The van der Waals surface area contributed by atoms with E-state index in [4.69, 9.17) is 0 Å². The summed E-state index contributed by atoms with van der Waals surface area (Å²) in [4.78, 5) is 0. The first-order valence-electron chi connectivity index (χ1n) is 9.13. The minimum Gasteiger partial charge on any atom is -0.396 e. The van der Waals surface area contributed by atoms with Crippen LogP contribution in [0.4, 0.5) is 0 Å². The molecule has 0 amide bonds. The van der Waals surface area contributed by atoms with Gasteiger partial charge in [0.1, 0.15) is 3.70 Å². The number of nitrogens with zero attached hydrogens (tertiary/aromatic N) is 2. The first kappa shape index (κ1) is 19.8. The van der Waals surface area contributed by atoms with E-state index in [1.807, 2.05) is 20.8 Å². The smallest absolute Gasteiger partial charge is 0.123 e. The van der Waals surface area contributed by atoms with Gasteiger partial charge in [0.05, 0.1) is 15.7 Å². The summed E-state index contributed by atoms with van der Waals surface area (Å²) in [5, 5.41) is 14.2. The Kier molecular flexibility index (Phi) is 5.43. The van der Waals surface area contributed by atoms with E-state index in [0.29, 0.717) is 30.2 Å². The molecule has 1 aromatic heterocycles. The Morgan fingerprint density at radius 3 is 2.52 bits per heavy atom. The normalized spacial score (nSPS) is 32.9. The number of aliphatic hydroxyl groups excluding tert-OH is 1. The predicted octanol–water partition coefficient (Wildman–Crippen LogP) is 3.37. The highest BCUT2D eigenvalue weighted by molar-refractivity contribution is 14.1. The number of hydrogen-bond acceptors (Lipinski definition) is 3. The summed E-state index contributed by atoms with van der Waals surface area (Å²) in [5.41, 5.74) is 1.16. The monoisotopic (exact) mass is 479 g/mol. The summed E-state index contributed by atoms with van der Waals surface area (Å²) in [5.74, 6) is 1.79. The van der Waals surface area contributed by atoms with Crippen molar-refractivity contribution < 1.29 is 9.32 Å². The van der Waals surface area contributed by atoms with Crippen LogP contribution in [0.25, 0.3) is 0 Å². The van der Waals surface area contributed by atoms with Crippen molar-refractivity contribution in [3.05, 3.63) is 15.5 Å². The zero-order valence-electron chi connectivity index (χ0n) is 15.8. The SMILES string of the molecule is CC(C)n1nc(I)cc1C1[C@H]2CC(CCO)(NS(=O)C(C)(C)C)C[C@@H]12. The fraction of sp³-hybridized carbons (Fsp3) is 0.833. The van der Waals surface area contributed by atoms with Crippen molar-refractivity contribution >= 4 is 33.6 Å². The lowest BCUT2D eigenvalue weighted by Gasteiger charge is -2.35. The molecule has 2 N–H and O–H groups in total. The van der Waals surface area contributed by atoms with Gasteiger partial charge in [0, 0.05) is 29.8 Å². The highest BCUT2D eigenvalue weighted by Crippen LogP contribution is 2.66. The van der Waals surface area contributed by atoms with E-state index in [-0.39, 0.29) is 16.9 Å². The molecule has 2 saturated carbocycles. The molecule has 5 nitrogen and oxygen atoms in total. The van der Waals surface area contributed by atoms with Gasteiger partial charge in [-0.1, -0.05) is 0 Å². The Morgan fingerprint density at radius 2 is 2.04 bits per heavy atom. The molecular weight excluding hydrogens is 449 g/mol. The maximum atomic E-state index is 12.6. The summed E-state index contributed by atoms with van der Waals surface area (Å²) in [6, 6.07) is 2.59. The van der Waals surface area contributed by atoms with E-state index < -0.39 is 11.0 Å². The van der Waals surface area contributed by atoms with Crippen LogP contribution in [0.15, 0.2) is 6.07 Å². The van der Waals surface area contributed by atoms with Gasteiger partial charge in [-0.05, 0) is 94.4 Å². The Balaban J connectivity index is 1.74. The van der Waals surface area contributed by atoms with Crippen molar-refractivity contribution in [3.63, 3.8) is 0 Å². The summed E-state index contributed by atoms with van der Waals surface area (Å²) >= 11 is 2.29. The van der Waals surface area contributed by atoms with E-state index in [9.17, 15) is 9.32 Å². The first-order chi connectivity index (χ1) is 11.6. The van der Waals surface area contributed by atoms with Gasteiger partial charge in [-0.15, -0.1) is 0 Å². The van der Waals surface area contributed by atoms with E-state index >= 15 is 0 Å². The van der Waals surface area contributed by atoms with Gasteiger partial charge in [0.15, 0.2) is 0 Å². The molecule has 0 saturated heterocycles. The van der Waals surface area contributed by atoms with Crippen LogP contribution in [0.3, 0.4) is 0 Å². The summed E-state index contributed by atoms with van der Waals surface area (Å²) in [7, 11) is -1.11. The second kappa shape index (κ2) is 6.87. The van der Waals surface area contributed by atoms with Gasteiger partial charge in [-0.2, -0.15) is 5.10 Å². The Hall–Kier alpha value is 0.01000. The second-order valence-electron chi connectivity index (χ2n) is 8.93. The molecule has 25 heavy (non-hydrogen) atoms. The molecule has 5 atom stereocenters. The van der Waals surface area contributed by atoms with Crippen LogP contribution in [-0.2, 0) is 11.0 Å². The van der Waals surface area contributed by atoms with Crippen LogP contribution in [-0.4, -0.2) is 36.0 Å². The minimum absolute atomic E-state index is 0.139. The van der Waals surface area contributed by atoms with Gasteiger partial charge in [-0.25, -0.2) is 8.93 Å². The van der Waals surface area contributed by atoms with Gasteiger partial charge in [-0.3, -0.25) is 4.68 Å². The highest BCUT2D eigenvalue weighted by Gasteiger charge is 2.63. The van der Waals surface area contributed by atoms with Gasteiger partial charge in [0.2, 0.25) is 0 Å². The van der Waals surface area contributed by atoms with E-state index in [0.717, 1.165) is 16.5 Å². The zero-order chi connectivity index (χ0) is 18.6. The third kappa shape index (κ3) is 3.84. The number of hydrogen-bond donors (Lipinski definition) is 2. The lowest BCUT2D eigenvalue weighted by atomic mass is 9.88. The third-order valence-corrected chi connectivity index (χ3v) is 7.86. The van der Waals surface area contributed by atoms with Crippen LogP contribution in [0.5, 0.6) is 0 Å². The molecule has 3 unspecified atom stereocenters. The molecule has 2 fully saturated rings. The number of nitrogens with one attached hydrogen (secondary N) is 1. The first-order valence-corrected chi connectivity index (χ1v) is 11.4. The summed E-state index contributed by atoms with van der Waals surface area (Å²) in [6.45, 7) is 10.5.